The van der Waals surface area contributed by atoms with E-state index in [4.69, 9.17) is 0 Å². The predicted octanol–water partition coefficient (Wildman–Crippen LogP) is 3.44. The number of fused-ring (bicyclic) bond motifs is 1. The maximum Gasteiger partial charge on any atom is 0.324 e. The van der Waals surface area contributed by atoms with Crippen LogP contribution in [0.1, 0.15) is 34.0 Å². The molecule has 2 aromatic heterocycles. The molecule has 1 aliphatic rings. The van der Waals surface area contributed by atoms with Crippen molar-refractivity contribution in [2.75, 3.05) is 37.8 Å². The molecule has 1 aromatic carbocycles. The number of urea groups is 1. The average Bonchev–Trinajstić information content (AvgIpc) is 3.27. The minimum absolute atomic E-state index is 0.162. The zero-order chi connectivity index (χ0) is 20.4. The summed E-state index contributed by atoms with van der Waals surface area (Å²) in [7, 11) is 3.92. The van der Waals surface area contributed by atoms with Gasteiger partial charge in [0.15, 0.2) is 0 Å². The Morgan fingerprint density at radius 3 is 2.83 bits per heavy atom. The van der Waals surface area contributed by atoms with E-state index in [9.17, 15) is 9.59 Å². The smallest absolute Gasteiger partial charge is 0.324 e. The van der Waals surface area contributed by atoms with E-state index in [1.807, 2.05) is 37.2 Å². The third-order valence-electron chi connectivity index (χ3n) is 4.75. The molecule has 0 bridgehead atoms. The minimum atomic E-state index is -0.376. The number of benzene rings is 1. The number of carbonyl (C=O) groups is 2. The summed E-state index contributed by atoms with van der Waals surface area (Å²) in [6, 6.07) is 7.05. The third-order valence-corrected chi connectivity index (χ3v) is 5.96. The van der Waals surface area contributed by atoms with Gasteiger partial charge in [-0.1, -0.05) is 0 Å². The van der Waals surface area contributed by atoms with Gasteiger partial charge in [-0.15, -0.1) is 11.3 Å². The van der Waals surface area contributed by atoms with Gasteiger partial charge < -0.3 is 15.5 Å². The van der Waals surface area contributed by atoms with Crippen molar-refractivity contribution >= 4 is 44.9 Å². The van der Waals surface area contributed by atoms with Gasteiger partial charge in [0.05, 0.1) is 17.3 Å². The quantitative estimate of drug-likeness (QED) is 0.477. The first-order valence-electron chi connectivity index (χ1n) is 9.57. The zero-order valence-corrected chi connectivity index (χ0v) is 17.2. The lowest BCUT2D eigenvalue weighted by atomic mass is 10.2. The van der Waals surface area contributed by atoms with Gasteiger partial charge in [-0.25, -0.2) is 4.79 Å². The molecule has 4 N–H and O–H groups in total. The fraction of sp³-hybridized carbons (Fsp3) is 0.350. The van der Waals surface area contributed by atoms with Crippen LogP contribution >= 0.6 is 11.3 Å². The summed E-state index contributed by atoms with van der Waals surface area (Å²) in [4.78, 5) is 28.4. The standard InChI is InChI=1S/C20H24N6O2S/c1-26(2)8-7-21-18(27)15-10-17(12-3-4-12)29-19(15)24-20(28)23-14-5-6-16-13(9-14)11-22-25-16/h5-6,9-12H,3-4,7-8H2,1-2H3,(H,21,27)(H,22,25)(H2,23,24,28). The van der Waals surface area contributed by atoms with Gasteiger partial charge in [-0.2, -0.15) is 5.10 Å². The number of hydrogen-bond donors (Lipinski definition) is 4. The number of hydrogen-bond acceptors (Lipinski definition) is 5. The van der Waals surface area contributed by atoms with Gasteiger partial charge in [0.1, 0.15) is 5.00 Å². The molecule has 0 spiro atoms. The Balaban J connectivity index is 1.46. The van der Waals surface area contributed by atoms with E-state index >= 15 is 0 Å². The second-order valence-corrected chi connectivity index (χ2v) is 8.56. The van der Waals surface area contributed by atoms with Crippen LogP contribution in [0.4, 0.5) is 15.5 Å². The van der Waals surface area contributed by atoms with Crippen LogP contribution in [0.5, 0.6) is 0 Å². The summed E-state index contributed by atoms with van der Waals surface area (Å²) in [5.41, 5.74) is 2.09. The Morgan fingerprint density at radius 2 is 2.07 bits per heavy atom. The van der Waals surface area contributed by atoms with E-state index in [1.165, 1.54) is 11.3 Å². The van der Waals surface area contributed by atoms with Crippen LogP contribution in [0.15, 0.2) is 30.5 Å². The first-order chi connectivity index (χ1) is 14.0. The Morgan fingerprint density at radius 1 is 1.24 bits per heavy atom. The van der Waals surface area contributed by atoms with E-state index in [-0.39, 0.29) is 11.9 Å². The second-order valence-electron chi connectivity index (χ2n) is 7.48. The van der Waals surface area contributed by atoms with Gasteiger partial charge in [0, 0.05) is 29.0 Å². The SMILES string of the molecule is CN(C)CCNC(=O)c1cc(C2CC2)sc1NC(=O)Nc1ccc2[nH]ncc2c1. The highest BCUT2D eigenvalue weighted by atomic mass is 32.1. The van der Waals surface area contributed by atoms with Crippen molar-refractivity contribution in [1.82, 2.24) is 20.4 Å². The number of carbonyl (C=O) groups excluding carboxylic acids is 2. The monoisotopic (exact) mass is 412 g/mol. The molecule has 3 amide bonds. The van der Waals surface area contributed by atoms with Crippen molar-refractivity contribution in [2.45, 2.75) is 18.8 Å². The molecule has 8 nitrogen and oxygen atoms in total. The molecule has 1 fully saturated rings. The largest absolute Gasteiger partial charge is 0.351 e. The van der Waals surface area contributed by atoms with Crippen LogP contribution in [0.3, 0.4) is 0 Å². The highest BCUT2D eigenvalue weighted by Crippen LogP contribution is 2.45. The van der Waals surface area contributed by atoms with E-state index in [1.54, 1.807) is 12.3 Å². The number of thiophene rings is 1. The summed E-state index contributed by atoms with van der Waals surface area (Å²) >= 11 is 1.48. The first-order valence-corrected chi connectivity index (χ1v) is 10.4. The number of aromatic nitrogens is 2. The third kappa shape index (κ3) is 4.75. The predicted molar refractivity (Wildman–Crippen MR) is 116 cm³/mol. The molecule has 4 rings (SSSR count). The number of H-pyrrole nitrogens is 1. The van der Waals surface area contributed by atoms with Crippen molar-refractivity contribution in [3.63, 3.8) is 0 Å². The van der Waals surface area contributed by atoms with Crippen molar-refractivity contribution < 1.29 is 9.59 Å². The van der Waals surface area contributed by atoms with Gasteiger partial charge in [-0.05, 0) is 57.1 Å². The number of rotatable bonds is 7. The van der Waals surface area contributed by atoms with Crippen LogP contribution in [-0.4, -0.2) is 54.2 Å². The Labute approximate surface area is 172 Å². The summed E-state index contributed by atoms with van der Waals surface area (Å²) < 4.78 is 0. The molecule has 0 saturated heterocycles. The Kier molecular flexibility index (Phi) is 5.50. The molecule has 2 heterocycles. The van der Waals surface area contributed by atoms with E-state index in [0.717, 1.165) is 35.2 Å². The van der Waals surface area contributed by atoms with E-state index < -0.39 is 0 Å². The van der Waals surface area contributed by atoms with Crippen molar-refractivity contribution in [1.29, 1.82) is 0 Å². The van der Waals surface area contributed by atoms with Gasteiger partial charge in [0.2, 0.25) is 0 Å². The first kappa shape index (κ1) is 19.4. The highest BCUT2D eigenvalue weighted by Gasteiger charge is 2.28. The average molecular weight is 413 g/mol. The molecule has 1 aliphatic carbocycles. The number of nitrogens with one attached hydrogen (secondary N) is 4. The Bertz CT molecular complexity index is 1040. The fourth-order valence-corrected chi connectivity index (χ4v) is 4.23. The topological polar surface area (TPSA) is 102 Å². The highest BCUT2D eigenvalue weighted by molar-refractivity contribution is 7.16. The number of nitrogens with zero attached hydrogens (tertiary/aromatic N) is 2. The summed E-state index contributed by atoms with van der Waals surface area (Å²) in [6.07, 6.45) is 3.98. The van der Waals surface area contributed by atoms with Crippen LogP contribution in [0, 0.1) is 0 Å². The number of aromatic amines is 1. The molecule has 29 heavy (non-hydrogen) atoms. The molecule has 0 radical (unpaired) electrons. The maximum absolute atomic E-state index is 12.7. The number of likely N-dealkylation sites (N-methyl/N-ethyl adjacent to an activating group) is 1. The lowest BCUT2D eigenvalue weighted by Crippen LogP contribution is -2.31. The van der Waals surface area contributed by atoms with Crippen LogP contribution in [0.25, 0.3) is 10.9 Å². The summed E-state index contributed by atoms with van der Waals surface area (Å²) in [5, 5.41) is 17.0. The molecule has 152 valence electrons. The molecule has 0 atom stereocenters. The van der Waals surface area contributed by atoms with E-state index in [0.29, 0.717) is 28.7 Å². The van der Waals surface area contributed by atoms with Crippen LogP contribution in [-0.2, 0) is 0 Å². The van der Waals surface area contributed by atoms with Gasteiger partial charge in [0.25, 0.3) is 5.91 Å². The normalized spacial score (nSPS) is 13.6. The summed E-state index contributed by atoms with van der Waals surface area (Å²) in [5.74, 6) is 0.348. The lowest BCUT2D eigenvalue weighted by molar-refractivity contribution is 0.0952. The second kappa shape index (κ2) is 8.22. The fourth-order valence-electron chi connectivity index (χ4n) is 3.01. The maximum atomic E-state index is 12.7. The summed E-state index contributed by atoms with van der Waals surface area (Å²) in [6.45, 7) is 1.31. The molecule has 1 saturated carbocycles. The molecular formula is C20H24N6O2S. The molecule has 0 unspecified atom stereocenters. The van der Waals surface area contributed by atoms with Gasteiger partial charge in [-0.3, -0.25) is 15.2 Å². The van der Waals surface area contributed by atoms with Crippen molar-refractivity contribution in [3.8, 4) is 0 Å². The minimum Gasteiger partial charge on any atom is -0.351 e. The van der Waals surface area contributed by atoms with Crippen molar-refractivity contribution in [2.24, 2.45) is 0 Å². The lowest BCUT2D eigenvalue weighted by Gasteiger charge is -2.11. The van der Waals surface area contributed by atoms with Gasteiger partial charge >= 0.3 is 6.03 Å². The Hall–Kier alpha value is -2.91. The molecular weight excluding hydrogens is 388 g/mol. The zero-order valence-electron chi connectivity index (χ0n) is 16.4. The molecule has 3 aromatic rings. The van der Waals surface area contributed by atoms with Crippen LogP contribution in [0.2, 0.25) is 0 Å². The van der Waals surface area contributed by atoms with Crippen LogP contribution < -0.4 is 16.0 Å². The van der Waals surface area contributed by atoms with Crippen molar-refractivity contribution in [3.05, 3.63) is 40.9 Å². The number of anilines is 2. The number of amides is 3. The molecule has 9 heteroatoms. The molecule has 0 aliphatic heterocycles. The van der Waals surface area contributed by atoms with E-state index in [2.05, 4.69) is 26.1 Å².